The second-order valence-corrected chi connectivity index (χ2v) is 6.26. The summed E-state index contributed by atoms with van der Waals surface area (Å²) in [5.74, 6) is 0. The second-order valence-electron chi connectivity index (χ2n) is 5.88. The van der Waals surface area contributed by atoms with Crippen molar-refractivity contribution < 1.29 is 4.92 Å². The molecule has 0 saturated heterocycles. The van der Waals surface area contributed by atoms with Crippen molar-refractivity contribution in [3.05, 3.63) is 85.0 Å². The Balaban J connectivity index is 2.00. The van der Waals surface area contributed by atoms with Gasteiger partial charge in [-0.15, -0.1) is 0 Å². The predicted octanol–water partition coefficient (Wildman–Crippen LogP) is 3.17. The van der Waals surface area contributed by atoms with Gasteiger partial charge in [-0.1, -0.05) is 24.3 Å². The zero-order valence-electron chi connectivity index (χ0n) is 15.1. The molecule has 0 bridgehead atoms. The summed E-state index contributed by atoms with van der Waals surface area (Å²) in [4.78, 5) is 24.9. The lowest BCUT2D eigenvalue weighted by molar-refractivity contribution is -0.384. The highest BCUT2D eigenvalue weighted by atomic mass is 32.1. The Hall–Kier alpha value is -3.66. The zero-order chi connectivity index (χ0) is 20.3. The fourth-order valence-corrected chi connectivity index (χ4v) is 2.72. The van der Waals surface area contributed by atoms with Crippen molar-refractivity contribution in [3.63, 3.8) is 0 Å². The second kappa shape index (κ2) is 7.92. The summed E-state index contributed by atoms with van der Waals surface area (Å²) < 4.78 is 1.01. The smallest absolute Gasteiger partial charge is 0.296 e. The lowest BCUT2D eigenvalue weighted by Gasteiger charge is -2.19. The van der Waals surface area contributed by atoms with Crippen LogP contribution in [0.3, 0.4) is 0 Å². The Bertz CT molecular complexity index is 1170. The summed E-state index contributed by atoms with van der Waals surface area (Å²) in [7, 11) is 1.75. The van der Waals surface area contributed by atoms with Gasteiger partial charge in [0.15, 0.2) is 0 Å². The van der Waals surface area contributed by atoms with E-state index in [2.05, 4.69) is 15.3 Å². The third-order valence-corrected chi connectivity index (χ3v) is 4.30. The average Bonchev–Trinajstić information content (AvgIpc) is 2.71. The summed E-state index contributed by atoms with van der Waals surface area (Å²) in [6, 6.07) is 14.0. The minimum atomic E-state index is -0.463. The first-order valence-electron chi connectivity index (χ1n) is 8.18. The average molecular weight is 396 g/mol. The van der Waals surface area contributed by atoms with E-state index in [0.29, 0.717) is 11.3 Å². The van der Waals surface area contributed by atoms with E-state index in [9.17, 15) is 14.9 Å². The van der Waals surface area contributed by atoms with Crippen LogP contribution in [0.5, 0.6) is 0 Å². The molecular formula is C18H16N6O3S. The summed E-state index contributed by atoms with van der Waals surface area (Å²) in [6.45, 7) is 1.53. The fraction of sp³-hybridized carbons (Fsp3) is 0.111. The van der Waals surface area contributed by atoms with E-state index in [1.165, 1.54) is 19.2 Å². The van der Waals surface area contributed by atoms with Crippen molar-refractivity contribution in [2.75, 3.05) is 11.9 Å². The van der Waals surface area contributed by atoms with Crippen LogP contribution in [-0.2, 0) is 0 Å². The van der Waals surface area contributed by atoms with Crippen molar-refractivity contribution in [1.29, 1.82) is 0 Å². The Morgan fingerprint density at radius 2 is 2.00 bits per heavy atom. The van der Waals surface area contributed by atoms with Crippen molar-refractivity contribution in [1.82, 2.24) is 14.9 Å². The molecule has 0 amide bonds. The quantitative estimate of drug-likeness (QED) is 0.307. The third kappa shape index (κ3) is 3.86. The summed E-state index contributed by atoms with van der Waals surface area (Å²) >= 11 is 5.01. The van der Waals surface area contributed by atoms with E-state index in [0.717, 1.165) is 10.4 Å². The van der Waals surface area contributed by atoms with Gasteiger partial charge < -0.3 is 4.90 Å². The standard InChI is InChI=1S/C18H16N6O3S/c1-12-17(25)23(18(28)21-20-12)19-11-13-8-9-15(16(10-13)24(26)27)22(2)14-6-4-3-5-7-14/h3-11H,1-2H3,(H,21,28)/b19-11-. The van der Waals surface area contributed by atoms with Crippen LogP contribution in [-0.4, -0.2) is 33.1 Å². The van der Waals surface area contributed by atoms with Gasteiger partial charge >= 0.3 is 0 Å². The van der Waals surface area contributed by atoms with Gasteiger partial charge in [-0.2, -0.15) is 14.9 Å². The zero-order valence-corrected chi connectivity index (χ0v) is 15.9. The number of rotatable bonds is 5. The van der Waals surface area contributed by atoms with Gasteiger partial charge in [-0.3, -0.25) is 20.0 Å². The molecule has 10 heteroatoms. The van der Waals surface area contributed by atoms with Gasteiger partial charge in [-0.25, -0.2) is 0 Å². The maximum Gasteiger partial charge on any atom is 0.296 e. The van der Waals surface area contributed by atoms with Crippen molar-refractivity contribution in [3.8, 4) is 0 Å². The molecule has 2 aromatic carbocycles. The first kappa shape index (κ1) is 19.1. The first-order chi connectivity index (χ1) is 13.4. The molecule has 1 aromatic heterocycles. The number of aromatic nitrogens is 3. The molecule has 0 radical (unpaired) electrons. The lowest BCUT2D eigenvalue weighted by atomic mass is 10.1. The Kier molecular flexibility index (Phi) is 5.41. The molecule has 9 nitrogen and oxygen atoms in total. The van der Waals surface area contributed by atoms with Crippen molar-refractivity contribution in [2.45, 2.75) is 6.92 Å². The van der Waals surface area contributed by atoms with Crippen LogP contribution in [0, 0.1) is 21.8 Å². The molecule has 0 aliphatic heterocycles. The molecule has 1 heterocycles. The fourth-order valence-electron chi connectivity index (χ4n) is 2.54. The number of para-hydroxylation sites is 1. The van der Waals surface area contributed by atoms with E-state index < -0.39 is 10.5 Å². The molecule has 0 aliphatic rings. The third-order valence-electron chi connectivity index (χ3n) is 4.04. The van der Waals surface area contributed by atoms with Gasteiger partial charge in [0.2, 0.25) is 4.77 Å². The molecular weight excluding hydrogens is 380 g/mol. The molecule has 0 aliphatic carbocycles. The maximum absolute atomic E-state index is 12.1. The SMILES string of the molecule is Cc1n[nH]c(=S)n(/N=C\c2ccc(N(C)c3ccccc3)c([N+](=O)[O-])c2)c1=O. The van der Waals surface area contributed by atoms with Crippen molar-refractivity contribution in [2.24, 2.45) is 5.10 Å². The van der Waals surface area contributed by atoms with Gasteiger partial charge in [0.25, 0.3) is 11.2 Å². The number of anilines is 2. The predicted molar refractivity (Wildman–Crippen MR) is 109 cm³/mol. The molecule has 1 N–H and O–H groups in total. The topological polar surface area (TPSA) is 109 Å². The number of nitrogens with one attached hydrogen (secondary N) is 1. The van der Waals surface area contributed by atoms with Crippen LogP contribution in [0.15, 0.2) is 58.4 Å². The number of H-pyrrole nitrogens is 1. The van der Waals surface area contributed by atoms with E-state index in [-0.39, 0.29) is 16.2 Å². The van der Waals surface area contributed by atoms with Crippen LogP contribution in [0.2, 0.25) is 0 Å². The molecule has 3 aromatic rings. The summed E-state index contributed by atoms with van der Waals surface area (Å²) in [5.41, 5.74) is 1.36. The Morgan fingerprint density at radius 3 is 2.68 bits per heavy atom. The minimum Gasteiger partial charge on any atom is -0.339 e. The number of aryl methyl sites for hydroxylation is 1. The highest BCUT2D eigenvalue weighted by Gasteiger charge is 2.18. The van der Waals surface area contributed by atoms with Gasteiger partial charge in [0, 0.05) is 24.4 Å². The van der Waals surface area contributed by atoms with E-state index in [1.807, 2.05) is 30.3 Å². The number of hydrogen-bond donors (Lipinski definition) is 1. The Labute approximate surface area is 164 Å². The number of benzene rings is 2. The number of aromatic amines is 1. The first-order valence-corrected chi connectivity index (χ1v) is 8.59. The number of nitrogens with zero attached hydrogens (tertiary/aromatic N) is 5. The van der Waals surface area contributed by atoms with Gasteiger partial charge in [0.05, 0.1) is 11.1 Å². The largest absolute Gasteiger partial charge is 0.339 e. The van der Waals surface area contributed by atoms with E-state index in [4.69, 9.17) is 12.2 Å². The van der Waals surface area contributed by atoms with E-state index in [1.54, 1.807) is 24.1 Å². The van der Waals surface area contributed by atoms with Crippen LogP contribution < -0.4 is 10.5 Å². The van der Waals surface area contributed by atoms with Crippen LogP contribution in [0.25, 0.3) is 0 Å². The molecule has 0 fully saturated rings. The summed E-state index contributed by atoms with van der Waals surface area (Å²) in [5, 5.41) is 21.9. The van der Waals surface area contributed by atoms with Crippen LogP contribution >= 0.6 is 12.2 Å². The van der Waals surface area contributed by atoms with Crippen molar-refractivity contribution >= 4 is 35.5 Å². The molecule has 28 heavy (non-hydrogen) atoms. The monoisotopic (exact) mass is 396 g/mol. The minimum absolute atomic E-state index is 0.0294. The molecule has 0 atom stereocenters. The molecule has 142 valence electrons. The number of nitro groups is 1. The number of hydrogen-bond acceptors (Lipinski definition) is 7. The molecule has 3 rings (SSSR count). The van der Waals surface area contributed by atoms with Gasteiger partial charge in [0.1, 0.15) is 11.4 Å². The highest BCUT2D eigenvalue weighted by Crippen LogP contribution is 2.32. The van der Waals surface area contributed by atoms with E-state index >= 15 is 0 Å². The van der Waals surface area contributed by atoms with Crippen LogP contribution in [0.4, 0.5) is 17.1 Å². The molecule has 0 saturated carbocycles. The van der Waals surface area contributed by atoms with Crippen LogP contribution in [0.1, 0.15) is 11.3 Å². The molecule has 0 spiro atoms. The Morgan fingerprint density at radius 1 is 1.29 bits per heavy atom. The lowest BCUT2D eigenvalue weighted by Crippen LogP contribution is -2.22. The maximum atomic E-state index is 12.1. The van der Waals surface area contributed by atoms with Gasteiger partial charge in [-0.05, 0) is 37.3 Å². The number of nitro benzene ring substituents is 1. The molecule has 0 unspecified atom stereocenters. The normalized spacial score (nSPS) is 10.9. The highest BCUT2D eigenvalue weighted by molar-refractivity contribution is 7.71. The summed E-state index contributed by atoms with van der Waals surface area (Å²) in [6.07, 6.45) is 1.34.